The monoisotopic (exact) mass is 543 g/mol. The van der Waals surface area contributed by atoms with Crippen molar-refractivity contribution in [3.8, 4) is 0 Å². The van der Waals surface area contributed by atoms with Crippen molar-refractivity contribution in [1.82, 2.24) is 25.5 Å². The minimum atomic E-state index is -0.992. The summed E-state index contributed by atoms with van der Waals surface area (Å²) in [6.07, 6.45) is 7.46. The molecular formula is C31H37N5O4. The predicted molar refractivity (Wildman–Crippen MR) is 153 cm³/mol. The zero-order chi connectivity index (χ0) is 28.5. The zero-order valence-electron chi connectivity index (χ0n) is 23.2. The highest BCUT2D eigenvalue weighted by Crippen LogP contribution is 2.31. The maximum absolute atomic E-state index is 14.3. The summed E-state index contributed by atoms with van der Waals surface area (Å²) in [5.41, 5.74) is 1.82. The second-order valence-electron chi connectivity index (χ2n) is 10.8. The number of carbonyl (C=O) groups is 3. The van der Waals surface area contributed by atoms with Gasteiger partial charge >= 0.3 is 6.09 Å². The second-order valence-corrected chi connectivity index (χ2v) is 10.8. The fraction of sp³-hybridized carbons (Fsp3) is 0.355. The minimum Gasteiger partial charge on any atom is -0.444 e. The molecule has 3 aromatic rings. The van der Waals surface area contributed by atoms with Crippen LogP contribution in [0.25, 0.3) is 6.08 Å². The Balaban J connectivity index is 1.60. The SMILES string of the molecule is CC(C)(C)OC(=O)N[C@H](C(=O)N1CCC[C@H]1C(=O)NC/C=C/c1cnc[nH]1)C(c1ccccc1)c1ccccc1. The third-order valence-electron chi connectivity index (χ3n) is 6.64. The number of amides is 3. The number of H-pyrrole nitrogens is 1. The van der Waals surface area contributed by atoms with Crippen LogP contribution in [0.2, 0.25) is 0 Å². The topological polar surface area (TPSA) is 116 Å². The van der Waals surface area contributed by atoms with Gasteiger partial charge in [0.25, 0.3) is 0 Å². The molecule has 4 rings (SSSR count). The first-order chi connectivity index (χ1) is 19.2. The van der Waals surface area contributed by atoms with E-state index in [1.165, 1.54) is 0 Å². The summed E-state index contributed by atoms with van der Waals surface area (Å²) in [5.74, 6) is -1.05. The Morgan fingerprint density at radius 1 is 1.07 bits per heavy atom. The molecule has 40 heavy (non-hydrogen) atoms. The van der Waals surface area contributed by atoms with Crippen LogP contribution in [0.3, 0.4) is 0 Å². The Hall–Kier alpha value is -4.40. The van der Waals surface area contributed by atoms with Crippen molar-refractivity contribution in [2.45, 2.75) is 57.2 Å². The lowest BCUT2D eigenvalue weighted by molar-refractivity contribution is -0.140. The molecule has 1 aliphatic heterocycles. The van der Waals surface area contributed by atoms with E-state index in [2.05, 4.69) is 20.6 Å². The molecule has 1 fully saturated rings. The first-order valence-electron chi connectivity index (χ1n) is 13.6. The van der Waals surface area contributed by atoms with E-state index >= 15 is 0 Å². The molecule has 0 aliphatic carbocycles. The predicted octanol–water partition coefficient (Wildman–Crippen LogP) is 4.26. The van der Waals surface area contributed by atoms with Crippen molar-refractivity contribution in [1.29, 1.82) is 0 Å². The highest BCUT2D eigenvalue weighted by atomic mass is 16.6. The van der Waals surface area contributed by atoms with Gasteiger partial charge in [-0.3, -0.25) is 9.59 Å². The number of alkyl carbamates (subject to hydrolysis) is 1. The van der Waals surface area contributed by atoms with Gasteiger partial charge in [0.05, 0.1) is 18.2 Å². The van der Waals surface area contributed by atoms with E-state index in [9.17, 15) is 14.4 Å². The number of hydrogen-bond donors (Lipinski definition) is 3. The van der Waals surface area contributed by atoms with Crippen LogP contribution in [-0.2, 0) is 14.3 Å². The van der Waals surface area contributed by atoms with Crippen molar-refractivity contribution in [3.63, 3.8) is 0 Å². The van der Waals surface area contributed by atoms with Gasteiger partial charge in [0, 0.05) is 19.0 Å². The standard InChI is InChI=1S/C31H37N5O4/c1-31(2,3)40-30(39)35-27(26(22-12-6-4-7-13-22)23-14-8-5-9-15-23)29(38)36-19-11-17-25(36)28(37)33-18-10-16-24-20-32-21-34-24/h4-10,12-16,20-21,25-27H,11,17-19H2,1-3H3,(H,32,34)(H,33,37)(H,35,39)/b16-10+/t25-,27-/m0/s1. The van der Waals surface area contributed by atoms with Crippen molar-refractivity contribution in [3.05, 3.63) is 96.1 Å². The molecule has 0 radical (unpaired) electrons. The van der Waals surface area contributed by atoms with Gasteiger partial charge in [0.15, 0.2) is 0 Å². The lowest BCUT2D eigenvalue weighted by atomic mass is 9.84. The summed E-state index contributed by atoms with van der Waals surface area (Å²) in [6, 6.07) is 17.6. The molecule has 2 heterocycles. The fourth-order valence-electron chi connectivity index (χ4n) is 4.92. The Morgan fingerprint density at radius 3 is 2.30 bits per heavy atom. The molecular weight excluding hydrogens is 506 g/mol. The van der Waals surface area contributed by atoms with Gasteiger partial charge in [-0.2, -0.15) is 0 Å². The zero-order valence-corrected chi connectivity index (χ0v) is 23.2. The number of benzene rings is 2. The first kappa shape index (κ1) is 28.6. The number of aromatic amines is 1. The summed E-state index contributed by atoms with van der Waals surface area (Å²) in [7, 11) is 0. The van der Waals surface area contributed by atoms with Crippen LogP contribution in [0.4, 0.5) is 4.79 Å². The van der Waals surface area contributed by atoms with E-state index in [1.54, 1.807) is 38.2 Å². The molecule has 9 nitrogen and oxygen atoms in total. The van der Waals surface area contributed by atoms with E-state index in [0.717, 1.165) is 16.8 Å². The van der Waals surface area contributed by atoms with Crippen LogP contribution in [-0.4, -0.2) is 63.5 Å². The molecule has 1 aliphatic rings. The number of ether oxygens (including phenoxy) is 1. The molecule has 0 bridgehead atoms. The summed E-state index contributed by atoms with van der Waals surface area (Å²) >= 11 is 0. The molecule has 3 N–H and O–H groups in total. The lowest BCUT2D eigenvalue weighted by Gasteiger charge is -2.34. The molecule has 2 atom stereocenters. The largest absolute Gasteiger partial charge is 0.444 e. The maximum Gasteiger partial charge on any atom is 0.408 e. The molecule has 0 spiro atoms. The van der Waals surface area contributed by atoms with E-state index in [1.807, 2.05) is 72.8 Å². The van der Waals surface area contributed by atoms with E-state index in [4.69, 9.17) is 4.74 Å². The van der Waals surface area contributed by atoms with Crippen LogP contribution in [0.5, 0.6) is 0 Å². The third-order valence-corrected chi connectivity index (χ3v) is 6.64. The smallest absolute Gasteiger partial charge is 0.408 e. The number of likely N-dealkylation sites (tertiary alicyclic amines) is 1. The van der Waals surface area contributed by atoms with Crippen molar-refractivity contribution >= 4 is 24.0 Å². The quantitative estimate of drug-likeness (QED) is 0.373. The highest BCUT2D eigenvalue weighted by molar-refractivity contribution is 5.93. The molecule has 1 aromatic heterocycles. The Labute approximate surface area is 235 Å². The van der Waals surface area contributed by atoms with Crippen LogP contribution in [0, 0.1) is 0 Å². The third kappa shape index (κ3) is 7.59. The number of hydrogen-bond acceptors (Lipinski definition) is 5. The molecule has 2 aromatic carbocycles. The first-order valence-corrected chi connectivity index (χ1v) is 13.6. The van der Waals surface area contributed by atoms with Crippen molar-refractivity contribution in [2.75, 3.05) is 13.1 Å². The van der Waals surface area contributed by atoms with Gasteiger partial charge in [0.1, 0.15) is 17.7 Å². The van der Waals surface area contributed by atoms with Crippen LogP contribution in [0.15, 0.2) is 79.3 Å². The molecule has 9 heteroatoms. The van der Waals surface area contributed by atoms with Gasteiger partial charge in [-0.25, -0.2) is 9.78 Å². The number of imidazole rings is 1. The van der Waals surface area contributed by atoms with E-state index in [-0.39, 0.29) is 11.8 Å². The maximum atomic E-state index is 14.3. The molecule has 3 amide bonds. The van der Waals surface area contributed by atoms with Gasteiger partial charge in [-0.05, 0) is 50.8 Å². The number of aromatic nitrogens is 2. The minimum absolute atomic E-state index is 0.230. The summed E-state index contributed by atoms with van der Waals surface area (Å²) in [4.78, 5) is 49.1. The van der Waals surface area contributed by atoms with Gasteiger partial charge < -0.3 is 25.3 Å². The molecule has 210 valence electrons. The number of carbonyl (C=O) groups excluding carboxylic acids is 3. The van der Waals surface area contributed by atoms with Crippen molar-refractivity contribution in [2.24, 2.45) is 0 Å². The van der Waals surface area contributed by atoms with E-state index in [0.29, 0.717) is 25.9 Å². The van der Waals surface area contributed by atoms with Gasteiger partial charge in [0.2, 0.25) is 11.8 Å². The molecule has 1 saturated heterocycles. The number of nitrogens with one attached hydrogen (secondary N) is 3. The lowest BCUT2D eigenvalue weighted by Crippen LogP contribution is -2.56. The van der Waals surface area contributed by atoms with Gasteiger partial charge in [-0.1, -0.05) is 66.7 Å². The average Bonchev–Trinajstić information content (AvgIpc) is 3.63. The van der Waals surface area contributed by atoms with E-state index < -0.39 is 29.7 Å². The molecule has 0 unspecified atom stereocenters. The summed E-state index contributed by atoms with van der Waals surface area (Å²) in [5, 5.41) is 5.78. The van der Waals surface area contributed by atoms with Crippen LogP contribution < -0.4 is 10.6 Å². The van der Waals surface area contributed by atoms with Crippen LogP contribution >= 0.6 is 0 Å². The Kier molecular flexibility index (Phi) is 9.37. The highest BCUT2D eigenvalue weighted by Gasteiger charge is 2.41. The number of rotatable bonds is 9. The van der Waals surface area contributed by atoms with Crippen molar-refractivity contribution < 1.29 is 19.1 Å². The van der Waals surface area contributed by atoms with Gasteiger partial charge in [-0.15, -0.1) is 0 Å². The fourth-order valence-corrected chi connectivity index (χ4v) is 4.92. The average molecular weight is 544 g/mol. The number of nitrogens with zero attached hydrogens (tertiary/aromatic N) is 2. The Morgan fingerprint density at radius 2 is 1.73 bits per heavy atom. The summed E-state index contributed by atoms with van der Waals surface area (Å²) < 4.78 is 5.56. The second kappa shape index (κ2) is 13.1. The normalized spacial score (nSPS) is 16.2. The molecule has 0 saturated carbocycles. The summed E-state index contributed by atoms with van der Waals surface area (Å²) in [6.45, 7) is 6.06. The van der Waals surface area contributed by atoms with Crippen LogP contribution in [0.1, 0.15) is 56.4 Å². The Bertz CT molecular complexity index is 1250.